The Morgan fingerprint density at radius 3 is 2.89 bits per heavy atom. The fourth-order valence-corrected chi connectivity index (χ4v) is 2.58. The molecule has 1 unspecified atom stereocenters. The van der Waals surface area contributed by atoms with Gasteiger partial charge in [-0.15, -0.1) is 0 Å². The van der Waals surface area contributed by atoms with Crippen molar-refractivity contribution in [2.45, 2.75) is 31.7 Å². The van der Waals surface area contributed by atoms with E-state index < -0.39 is 0 Å². The Morgan fingerprint density at radius 2 is 2.28 bits per heavy atom. The van der Waals surface area contributed by atoms with Crippen LogP contribution in [0.2, 0.25) is 0 Å². The first-order valence-electron chi connectivity index (χ1n) is 6.47. The molecule has 0 bridgehead atoms. The van der Waals surface area contributed by atoms with Crippen molar-refractivity contribution in [3.8, 4) is 0 Å². The monoisotopic (exact) mass is 251 g/mol. The molecule has 0 radical (unpaired) electrons. The molecule has 5 heteroatoms. The zero-order chi connectivity index (χ0) is 13.1. The largest absolute Gasteiger partial charge is 0.397 e. The van der Waals surface area contributed by atoms with Crippen molar-refractivity contribution in [2.24, 2.45) is 7.05 Å². The molecule has 1 saturated heterocycles. The van der Waals surface area contributed by atoms with Crippen molar-refractivity contribution in [1.29, 1.82) is 0 Å². The third kappa shape index (κ3) is 2.51. The van der Waals surface area contributed by atoms with Gasteiger partial charge in [0, 0.05) is 19.8 Å². The van der Waals surface area contributed by atoms with Gasteiger partial charge < -0.3 is 20.3 Å². The van der Waals surface area contributed by atoms with E-state index in [2.05, 4.69) is 0 Å². The van der Waals surface area contributed by atoms with Gasteiger partial charge in [0.05, 0.1) is 18.3 Å². The first-order chi connectivity index (χ1) is 8.63. The Morgan fingerprint density at radius 1 is 1.50 bits per heavy atom. The Kier molecular flexibility index (Phi) is 3.91. The van der Waals surface area contributed by atoms with E-state index in [9.17, 15) is 9.90 Å². The lowest BCUT2D eigenvalue weighted by Crippen LogP contribution is -2.42. The van der Waals surface area contributed by atoms with Gasteiger partial charge >= 0.3 is 0 Å². The third-order valence-electron chi connectivity index (χ3n) is 3.59. The van der Waals surface area contributed by atoms with Gasteiger partial charge in [-0.1, -0.05) is 12.8 Å². The molecule has 1 aliphatic heterocycles. The van der Waals surface area contributed by atoms with Gasteiger partial charge in [-0.25, -0.2) is 0 Å². The fourth-order valence-electron chi connectivity index (χ4n) is 2.58. The zero-order valence-corrected chi connectivity index (χ0v) is 10.8. The second-order valence-electron chi connectivity index (χ2n) is 4.95. The van der Waals surface area contributed by atoms with Crippen LogP contribution in [0.25, 0.3) is 0 Å². The average molecular weight is 251 g/mol. The summed E-state index contributed by atoms with van der Waals surface area (Å²) < 4.78 is 1.75. The van der Waals surface area contributed by atoms with Crippen molar-refractivity contribution in [1.82, 2.24) is 9.47 Å². The number of anilines is 1. The van der Waals surface area contributed by atoms with Crippen LogP contribution in [-0.4, -0.2) is 39.7 Å². The minimum absolute atomic E-state index is 0.0323. The van der Waals surface area contributed by atoms with E-state index in [1.807, 2.05) is 7.05 Å². The maximum atomic E-state index is 12.5. The van der Waals surface area contributed by atoms with E-state index in [-0.39, 0.29) is 18.6 Å². The Labute approximate surface area is 107 Å². The lowest BCUT2D eigenvalue weighted by atomic mass is 10.1. The van der Waals surface area contributed by atoms with Crippen molar-refractivity contribution in [3.05, 3.63) is 18.0 Å². The van der Waals surface area contributed by atoms with E-state index in [0.29, 0.717) is 11.4 Å². The van der Waals surface area contributed by atoms with Crippen LogP contribution in [0.5, 0.6) is 0 Å². The van der Waals surface area contributed by atoms with E-state index in [4.69, 9.17) is 5.73 Å². The van der Waals surface area contributed by atoms with Crippen LogP contribution in [0.1, 0.15) is 36.2 Å². The summed E-state index contributed by atoms with van der Waals surface area (Å²) in [6.45, 7) is 0.751. The molecule has 18 heavy (non-hydrogen) atoms. The number of carbonyl (C=O) groups excluding carboxylic acids is 1. The van der Waals surface area contributed by atoms with E-state index in [1.165, 1.54) is 0 Å². The maximum absolute atomic E-state index is 12.5. The fraction of sp³-hybridized carbons (Fsp3) is 0.615. The highest BCUT2D eigenvalue weighted by Crippen LogP contribution is 2.20. The lowest BCUT2D eigenvalue weighted by Gasteiger charge is -2.28. The molecule has 0 aromatic carbocycles. The number of hydrogen-bond acceptors (Lipinski definition) is 3. The highest BCUT2D eigenvalue weighted by atomic mass is 16.3. The minimum Gasteiger partial charge on any atom is -0.397 e. The summed E-state index contributed by atoms with van der Waals surface area (Å²) >= 11 is 0. The SMILES string of the molecule is Cn1cc(N)cc1C(=O)N1CCCCCC1CO. The van der Waals surface area contributed by atoms with E-state index >= 15 is 0 Å². The van der Waals surface area contributed by atoms with Gasteiger partial charge in [0.15, 0.2) is 0 Å². The summed E-state index contributed by atoms with van der Waals surface area (Å²) in [4.78, 5) is 14.3. The van der Waals surface area contributed by atoms with Gasteiger partial charge in [-0.2, -0.15) is 0 Å². The van der Waals surface area contributed by atoms with Crippen LogP contribution < -0.4 is 5.73 Å². The molecule has 1 atom stereocenters. The summed E-state index contributed by atoms with van der Waals surface area (Å²) in [5, 5.41) is 9.43. The summed E-state index contributed by atoms with van der Waals surface area (Å²) in [7, 11) is 1.81. The Balaban J connectivity index is 2.22. The quantitative estimate of drug-likeness (QED) is 0.823. The molecule has 2 heterocycles. The molecule has 0 saturated carbocycles. The number of rotatable bonds is 2. The number of hydrogen-bond donors (Lipinski definition) is 2. The zero-order valence-electron chi connectivity index (χ0n) is 10.8. The number of carbonyl (C=O) groups is 1. The van der Waals surface area contributed by atoms with Crippen LogP contribution in [0.15, 0.2) is 12.3 Å². The Hall–Kier alpha value is -1.49. The lowest BCUT2D eigenvalue weighted by molar-refractivity contribution is 0.0590. The van der Waals surface area contributed by atoms with Crippen LogP contribution in [0.4, 0.5) is 5.69 Å². The molecule has 3 N–H and O–H groups in total. The first-order valence-corrected chi connectivity index (χ1v) is 6.47. The van der Waals surface area contributed by atoms with Gasteiger partial charge in [-0.05, 0) is 18.9 Å². The summed E-state index contributed by atoms with van der Waals surface area (Å²) in [5.41, 5.74) is 6.89. The Bertz CT molecular complexity index is 428. The number of aliphatic hydroxyl groups excluding tert-OH is 1. The van der Waals surface area contributed by atoms with Crippen molar-refractivity contribution in [2.75, 3.05) is 18.9 Å². The summed E-state index contributed by atoms with van der Waals surface area (Å²) in [6.07, 6.45) is 5.81. The highest BCUT2D eigenvalue weighted by Gasteiger charge is 2.27. The number of aryl methyl sites for hydroxylation is 1. The summed E-state index contributed by atoms with van der Waals surface area (Å²) in [5.74, 6) is -0.0323. The third-order valence-corrected chi connectivity index (χ3v) is 3.59. The number of nitrogen functional groups attached to an aromatic ring is 1. The number of amides is 1. The molecule has 0 spiro atoms. The molecule has 1 aromatic heterocycles. The van der Waals surface area contributed by atoms with Crippen LogP contribution in [-0.2, 0) is 7.05 Å². The predicted molar refractivity (Wildman–Crippen MR) is 70.2 cm³/mol. The second-order valence-corrected chi connectivity index (χ2v) is 4.95. The predicted octanol–water partition coefficient (Wildman–Crippen LogP) is 0.984. The highest BCUT2D eigenvalue weighted by molar-refractivity contribution is 5.94. The van der Waals surface area contributed by atoms with Gasteiger partial charge in [0.1, 0.15) is 5.69 Å². The van der Waals surface area contributed by atoms with Crippen LogP contribution in [0.3, 0.4) is 0 Å². The standard InChI is InChI=1S/C13H21N3O2/c1-15-8-10(14)7-12(15)13(18)16-6-4-2-3-5-11(16)9-17/h7-8,11,17H,2-6,9,14H2,1H3. The minimum atomic E-state index is -0.0591. The molecule has 0 aliphatic carbocycles. The second kappa shape index (κ2) is 5.44. The van der Waals surface area contributed by atoms with Crippen LogP contribution >= 0.6 is 0 Å². The maximum Gasteiger partial charge on any atom is 0.270 e. The molecule has 100 valence electrons. The molecule has 1 amide bonds. The normalized spacial score (nSPS) is 20.8. The topological polar surface area (TPSA) is 71.5 Å². The molecule has 1 aliphatic rings. The van der Waals surface area contributed by atoms with Gasteiger partial charge in [-0.3, -0.25) is 4.79 Å². The van der Waals surface area contributed by atoms with E-state index in [1.54, 1.807) is 21.7 Å². The first kappa shape index (κ1) is 13.0. The number of aromatic nitrogens is 1. The van der Waals surface area contributed by atoms with Crippen molar-refractivity contribution in [3.63, 3.8) is 0 Å². The molecular weight excluding hydrogens is 230 g/mol. The molecule has 5 nitrogen and oxygen atoms in total. The van der Waals surface area contributed by atoms with Crippen LogP contribution in [0, 0.1) is 0 Å². The number of nitrogens with zero attached hydrogens (tertiary/aromatic N) is 2. The van der Waals surface area contributed by atoms with Crippen molar-refractivity contribution < 1.29 is 9.90 Å². The number of nitrogens with two attached hydrogens (primary N) is 1. The van der Waals surface area contributed by atoms with Gasteiger partial charge in [0.2, 0.25) is 0 Å². The number of aliphatic hydroxyl groups is 1. The smallest absolute Gasteiger partial charge is 0.270 e. The molecule has 2 rings (SSSR count). The molecule has 1 fully saturated rings. The summed E-state index contributed by atoms with van der Waals surface area (Å²) in [6, 6.07) is 1.64. The molecular formula is C13H21N3O2. The average Bonchev–Trinajstić information content (AvgIpc) is 2.56. The van der Waals surface area contributed by atoms with E-state index in [0.717, 1.165) is 32.2 Å². The molecule has 1 aromatic rings. The van der Waals surface area contributed by atoms with Crippen molar-refractivity contribution >= 4 is 11.6 Å². The van der Waals surface area contributed by atoms with Gasteiger partial charge in [0.25, 0.3) is 5.91 Å². The number of likely N-dealkylation sites (tertiary alicyclic amines) is 1.